The Labute approximate surface area is 149 Å². The third-order valence-electron chi connectivity index (χ3n) is 3.03. The van der Waals surface area contributed by atoms with Crippen molar-refractivity contribution in [2.45, 2.75) is 32.9 Å². The monoisotopic (exact) mass is 363 g/mol. The number of rotatable bonds is 5. The van der Waals surface area contributed by atoms with Crippen LogP contribution >= 0.6 is 0 Å². The van der Waals surface area contributed by atoms with Crippen LogP contribution in [0.4, 0.5) is 14.9 Å². The van der Waals surface area contributed by atoms with Crippen LogP contribution in [-0.2, 0) is 11.3 Å². The molecular formula is C17H18FN3O5. The second kappa shape index (κ2) is 7.77. The number of carbonyl (C=O) groups excluding carboxylic acids is 1. The molecule has 0 bridgehead atoms. The van der Waals surface area contributed by atoms with Gasteiger partial charge in [0, 0.05) is 24.0 Å². The third kappa shape index (κ3) is 5.40. The second-order valence-electron chi connectivity index (χ2n) is 6.31. The fourth-order valence-electron chi connectivity index (χ4n) is 1.93. The third-order valence-corrected chi connectivity index (χ3v) is 3.03. The SMILES string of the molecule is CC(C)(C)OC(=O)NCc1cnccc1Oc1ccc([N+](=O)[O-])cc1F. The Kier molecular flexibility index (Phi) is 5.71. The fraction of sp³-hybridized carbons (Fsp3) is 0.294. The van der Waals surface area contributed by atoms with Crippen LogP contribution in [0.2, 0.25) is 0 Å². The summed E-state index contributed by atoms with van der Waals surface area (Å²) in [5, 5.41) is 13.2. The summed E-state index contributed by atoms with van der Waals surface area (Å²) in [6.45, 7) is 5.26. The van der Waals surface area contributed by atoms with Gasteiger partial charge in [-0.2, -0.15) is 0 Å². The Hall–Kier alpha value is -3.23. The summed E-state index contributed by atoms with van der Waals surface area (Å²) in [6.07, 6.45) is 2.28. The van der Waals surface area contributed by atoms with E-state index in [1.54, 1.807) is 20.8 Å². The number of nitrogens with one attached hydrogen (secondary N) is 1. The molecule has 0 radical (unpaired) electrons. The Balaban J connectivity index is 2.12. The quantitative estimate of drug-likeness (QED) is 0.637. The summed E-state index contributed by atoms with van der Waals surface area (Å²) in [4.78, 5) is 25.6. The predicted octanol–water partition coefficient (Wildman–Crippen LogP) is 3.95. The lowest BCUT2D eigenvalue weighted by molar-refractivity contribution is -0.385. The Morgan fingerprint density at radius 1 is 1.31 bits per heavy atom. The first-order valence-corrected chi connectivity index (χ1v) is 7.67. The summed E-state index contributed by atoms with van der Waals surface area (Å²) >= 11 is 0. The molecule has 0 aliphatic carbocycles. The molecule has 1 N–H and O–H groups in total. The average molecular weight is 363 g/mol. The molecule has 0 atom stereocenters. The number of pyridine rings is 1. The van der Waals surface area contributed by atoms with E-state index in [4.69, 9.17) is 9.47 Å². The van der Waals surface area contributed by atoms with Crippen LogP contribution in [0.5, 0.6) is 11.5 Å². The number of nitro groups is 1. The zero-order valence-corrected chi connectivity index (χ0v) is 14.5. The molecule has 0 saturated heterocycles. The van der Waals surface area contributed by atoms with Gasteiger partial charge in [0.2, 0.25) is 0 Å². The molecule has 1 amide bonds. The lowest BCUT2D eigenvalue weighted by atomic mass is 10.2. The summed E-state index contributed by atoms with van der Waals surface area (Å²) in [5.74, 6) is -0.800. The number of nitrogens with zero attached hydrogens (tertiary/aromatic N) is 2. The van der Waals surface area contributed by atoms with E-state index in [9.17, 15) is 19.3 Å². The molecule has 138 valence electrons. The molecule has 1 heterocycles. The lowest BCUT2D eigenvalue weighted by Crippen LogP contribution is -2.32. The molecule has 0 fully saturated rings. The van der Waals surface area contributed by atoms with Crippen molar-refractivity contribution in [3.8, 4) is 11.5 Å². The van der Waals surface area contributed by atoms with Gasteiger partial charge in [-0.15, -0.1) is 0 Å². The van der Waals surface area contributed by atoms with E-state index in [0.29, 0.717) is 5.56 Å². The van der Waals surface area contributed by atoms with E-state index < -0.39 is 22.4 Å². The maximum Gasteiger partial charge on any atom is 0.407 e. The first-order chi connectivity index (χ1) is 12.2. The van der Waals surface area contributed by atoms with E-state index in [-0.39, 0.29) is 23.7 Å². The number of aromatic nitrogens is 1. The zero-order valence-electron chi connectivity index (χ0n) is 14.5. The van der Waals surface area contributed by atoms with Gasteiger partial charge in [0.25, 0.3) is 5.69 Å². The van der Waals surface area contributed by atoms with Crippen LogP contribution in [0.3, 0.4) is 0 Å². The number of nitro benzene ring substituents is 1. The predicted molar refractivity (Wildman–Crippen MR) is 90.4 cm³/mol. The molecule has 1 aromatic carbocycles. The van der Waals surface area contributed by atoms with Crippen molar-refractivity contribution < 1.29 is 23.6 Å². The highest BCUT2D eigenvalue weighted by molar-refractivity contribution is 5.67. The van der Waals surface area contributed by atoms with Crippen LogP contribution in [0.25, 0.3) is 0 Å². The molecule has 2 rings (SSSR count). The zero-order chi connectivity index (χ0) is 19.3. The summed E-state index contributed by atoms with van der Waals surface area (Å²) in [5.41, 5.74) is -0.534. The van der Waals surface area contributed by atoms with Crippen LogP contribution in [-0.4, -0.2) is 21.6 Å². The second-order valence-corrected chi connectivity index (χ2v) is 6.31. The van der Waals surface area contributed by atoms with Gasteiger partial charge in [-0.05, 0) is 32.9 Å². The number of amides is 1. The van der Waals surface area contributed by atoms with Gasteiger partial charge in [0.15, 0.2) is 11.6 Å². The van der Waals surface area contributed by atoms with Gasteiger partial charge in [-0.3, -0.25) is 15.1 Å². The first-order valence-electron chi connectivity index (χ1n) is 7.67. The van der Waals surface area contributed by atoms with Crippen molar-refractivity contribution in [1.29, 1.82) is 0 Å². The minimum atomic E-state index is -0.873. The molecule has 1 aromatic heterocycles. The van der Waals surface area contributed by atoms with Gasteiger partial charge in [0.05, 0.1) is 17.5 Å². The summed E-state index contributed by atoms with van der Waals surface area (Å²) < 4.78 is 24.6. The van der Waals surface area contributed by atoms with Crippen molar-refractivity contribution >= 4 is 11.8 Å². The van der Waals surface area contributed by atoms with Gasteiger partial charge < -0.3 is 14.8 Å². The molecule has 26 heavy (non-hydrogen) atoms. The Bertz CT molecular complexity index is 820. The Morgan fingerprint density at radius 2 is 2.04 bits per heavy atom. The topological polar surface area (TPSA) is 104 Å². The molecule has 9 heteroatoms. The van der Waals surface area contributed by atoms with Gasteiger partial charge in [0.1, 0.15) is 11.4 Å². The van der Waals surface area contributed by atoms with E-state index in [2.05, 4.69) is 10.3 Å². The van der Waals surface area contributed by atoms with Crippen molar-refractivity contribution in [2.24, 2.45) is 0 Å². The highest BCUT2D eigenvalue weighted by Crippen LogP contribution is 2.29. The summed E-state index contributed by atoms with van der Waals surface area (Å²) in [6, 6.07) is 4.57. The number of carbonyl (C=O) groups is 1. The molecule has 2 aromatic rings. The molecule has 0 aliphatic rings. The van der Waals surface area contributed by atoms with Crippen molar-refractivity contribution in [2.75, 3.05) is 0 Å². The standard InChI is InChI=1S/C17H18FN3O5/c1-17(2,3)26-16(22)20-10-11-9-19-7-6-14(11)25-15-5-4-12(21(23)24)8-13(15)18/h4-9H,10H2,1-3H3,(H,20,22). The molecule has 0 spiro atoms. The number of non-ortho nitro benzene ring substituents is 1. The molecular weight excluding hydrogens is 345 g/mol. The van der Waals surface area contributed by atoms with Gasteiger partial charge >= 0.3 is 6.09 Å². The maximum atomic E-state index is 14.0. The van der Waals surface area contributed by atoms with Gasteiger partial charge in [-0.1, -0.05) is 0 Å². The molecule has 0 saturated carbocycles. The number of halogens is 1. The lowest BCUT2D eigenvalue weighted by Gasteiger charge is -2.20. The largest absolute Gasteiger partial charge is 0.454 e. The van der Waals surface area contributed by atoms with E-state index in [0.717, 1.165) is 12.1 Å². The van der Waals surface area contributed by atoms with Gasteiger partial charge in [-0.25, -0.2) is 9.18 Å². The minimum Gasteiger partial charge on any atom is -0.454 e. The van der Waals surface area contributed by atoms with Crippen LogP contribution < -0.4 is 10.1 Å². The summed E-state index contributed by atoms with van der Waals surface area (Å²) in [7, 11) is 0. The van der Waals surface area contributed by atoms with Crippen LogP contribution in [0.1, 0.15) is 26.3 Å². The first kappa shape index (κ1) is 19.1. The highest BCUT2D eigenvalue weighted by Gasteiger charge is 2.17. The minimum absolute atomic E-state index is 0.0483. The van der Waals surface area contributed by atoms with E-state index in [1.807, 2.05) is 0 Å². The number of ether oxygens (including phenoxy) is 2. The van der Waals surface area contributed by atoms with Crippen LogP contribution in [0, 0.1) is 15.9 Å². The molecule has 8 nitrogen and oxygen atoms in total. The number of hydrogen-bond donors (Lipinski definition) is 1. The Morgan fingerprint density at radius 3 is 2.65 bits per heavy atom. The number of benzene rings is 1. The normalized spacial score (nSPS) is 10.9. The highest BCUT2D eigenvalue weighted by atomic mass is 19.1. The van der Waals surface area contributed by atoms with Crippen molar-refractivity contribution in [3.05, 3.63) is 58.2 Å². The smallest absolute Gasteiger partial charge is 0.407 e. The average Bonchev–Trinajstić information content (AvgIpc) is 2.54. The van der Waals surface area contributed by atoms with E-state index in [1.165, 1.54) is 24.5 Å². The maximum absolute atomic E-state index is 14.0. The van der Waals surface area contributed by atoms with Crippen molar-refractivity contribution in [1.82, 2.24) is 10.3 Å². The van der Waals surface area contributed by atoms with Crippen LogP contribution in [0.15, 0.2) is 36.7 Å². The number of hydrogen-bond acceptors (Lipinski definition) is 6. The fourth-order valence-corrected chi connectivity index (χ4v) is 1.93. The molecule has 0 unspecified atom stereocenters. The molecule has 0 aliphatic heterocycles. The van der Waals surface area contributed by atoms with Crippen molar-refractivity contribution in [3.63, 3.8) is 0 Å². The number of alkyl carbamates (subject to hydrolysis) is 1. The van der Waals surface area contributed by atoms with E-state index >= 15 is 0 Å².